The number of rotatable bonds is 0. The molecule has 0 bridgehead atoms. The first kappa shape index (κ1) is 5.54. The second-order valence-electron chi connectivity index (χ2n) is 2.96. The molecule has 0 N–H and O–H groups in total. The van der Waals surface area contributed by atoms with Gasteiger partial charge in [0.2, 0.25) is 0 Å². The predicted molar refractivity (Wildman–Crippen MR) is 32.5 cm³/mol. The molecule has 0 aromatic heterocycles. The number of hydrogen-bond donors (Lipinski definition) is 0. The minimum atomic E-state index is 0.108. The third-order valence-corrected chi connectivity index (χ3v) is 1.76. The van der Waals surface area contributed by atoms with Crippen molar-refractivity contribution < 1.29 is 4.79 Å². The van der Waals surface area contributed by atoms with Gasteiger partial charge in [-0.3, -0.25) is 4.79 Å². The van der Waals surface area contributed by atoms with Crippen LogP contribution in [0, 0.1) is 5.41 Å². The Kier molecular flexibility index (Phi) is 0.844. The monoisotopic (exact) mass is 110 g/mol. The maximum absolute atomic E-state index is 10.5. The molecule has 1 fully saturated rings. The van der Waals surface area contributed by atoms with Crippen LogP contribution in [0.25, 0.3) is 0 Å². The molecule has 0 unspecified atom stereocenters. The predicted octanol–water partition coefficient (Wildman–Crippen LogP) is 1.54. The van der Waals surface area contributed by atoms with Crippen molar-refractivity contribution in [3.8, 4) is 0 Å². The molecule has 1 aliphatic carbocycles. The van der Waals surface area contributed by atoms with Gasteiger partial charge in [0.25, 0.3) is 0 Å². The minimum Gasteiger partial charge on any atom is -0.295 e. The van der Waals surface area contributed by atoms with Crippen molar-refractivity contribution in [2.24, 2.45) is 5.41 Å². The summed E-state index contributed by atoms with van der Waals surface area (Å²) in [5, 5.41) is 0. The van der Waals surface area contributed by atoms with E-state index in [1.807, 2.05) is 13.8 Å². The van der Waals surface area contributed by atoms with Crippen LogP contribution in [0.3, 0.4) is 0 Å². The molecular formula is C7H10O. The first-order chi connectivity index (χ1) is 3.54. The Bertz CT molecular complexity index is 154. The van der Waals surface area contributed by atoms with E-state index in [1.165, 1.54) is 0 Å². The molecule has 0 spiro atoms. The summed E-state index contributed by atoms with van der Waals surface area (Å²) < 4.78 is 0. The second-order valence-corrected chi connectivity index (χ2v) is 2.96. The van der Waals surface area contributed by atoms with Crippen molar-refractivity contribution in [3.63, 3.8) is 0 Å². The fraction of sp³-hybridized carbons (Fsp3) is 0.571. The van der Waals surface area contributed by atoms with E-state index in [9.17, 15) is 4.79 Å². The van der Waals surface area contributed by atoms with Gasteiger partial charge in [0.05, 0.1) is 0 Å². The molecule has 44 valence electrons. The van der Waals surface area contributed by atoms with Gasteiger partial charge in [-0.25, -0.2) is 0 Å². The summed E-state index contributed by atoms with van der Waals surface area (Å²) in [4.78, 5) is 10.5. The lowest BCUT2D eigenvalue weighted by molar-refractivity contribution is -0.123. The van der Waals surface area contributed by atoms with E-state index in [1.54, 1.807) is 0 Å². The van der Waals surface area contributed by atoms with E-state index in [0.717, 1.165) is 5.57 Å². The Balaban J connectivity index is 2.75. The molecule has 1 nitrogen and oxygen atoms in total. The summed E-state index contributed by atoms with van der Waals surface area (Å²) >= 11 is 0. The number of Topliss-reactive ketones (excluding diaryl/α,β-unsaturated/α-hetero) is 1. The van der Waals surface area contributed by atoms with Crippen molar-refractivity contribution in [3.05, 3.63) is 12.2 Å². The highest BCUT2D eigenvalue weighted by molar-refractivity contribution is 6.03. The average Bonchev–Trinajstić information content (AvgIpc) is 1.65. The summed E-state index contributed by atoms with van der Waals surface area (Å²) in [6, 6.07) is 0. The SMILES string of the molecule is C=C1C(=O)CC1(C)C. The van der Waals surface area contributed by atoms with Crippen LogP contribution in [0.2, 0.25) is 0 Å². The summed E-state index contributed by atoms with van der Waals surface area (Å²) in [5.74, 6) is 0.231. The van der Waals surface area contributed by atoms with E-state index in [0.29, 0.717) is 6.42 Å². The van der Waals surface area contributed by atoms with E-state index in [-0.39, 0.29) is 11.2 Å². The van der Waals surface area contributed by atoms with E-state index in [4.69, 9.17) is 0 Å². The largest absolute Gasteiger partial charge is 0.295 e. The van der Waals surface area contributed by atoms with E-state index < -0.39 is 0 Å². The molecule has 0 aliphatic heterocycles. The third-order valence-electron chi connectivity index (χ3n) is 1.76. The molecule has 8 heavy (non-hydrogen) atoms. The standard InChI is InChI=1S/C7H10O/c1-5-6(8)4-7(5,2)3/h1,4H2,2-3H3. The lowest BCUT2D eigenvalue weighted by Crippen LogP contribution is -2.34. The van der Waals surface area contributed by atoms with Crippen molar-refractivity contribution in [2.45, 2.75) is 20.3 Å². The zero-order chi connectivity index (χ0) is 6.36. The molecule has 0 atom stereocenters. The van der Waals surface area contributed by atoms with Crippen LogP contribution in [0.1, 0.15) is 20.3 Å². The summed E-state index contributed by atoms with van der Waals surface area (Å²) in [7, 11) is 0. The number of ketones is 1. The quantitative estimate of drug-likeness (QED) is 0.432. The van der Waals surface area contributed by atoms with Gasteiger partial charge in [-0.05, 0) is 11.0 Å². The molecule has 1 heteroatoms. The smallest absolute Gasteiger partial charge is 0.159 e. The molecule has 0 saturated heterocycles. The van der Waals surface area contributed by atoms with Gasteiger partial charge >= 0.3 is 0 Å². The summed E-state index contributed by atoms with van der Waals surface area (Å²) in [6.07, 6.45) is 0.686. The van der Waals surface area contributed by atoms with Crippen LogP contribution in [-0.4, -0.2) is 5.78 Å². The van der Waals surface area contributed by atoms with Crippen LogP contribution < -0.4 is 0 Å². The van der Waals surface area contributed by atoms with Gasteiger partial charge in [-0.1, -0.05) is 20.4 Å². The normalized spacial score (nSPS) is 25.2. The summed E-state index contributed by atoms with van der Waals surface area (Å²) in [5.41, 5.74) is 0.898. The molecule has 1 saturated carbocycles. The van der Waals surface area contributed by atoms with Gasteiger partial charge in [-0.15, -0.1) is 0 Å². The van der Waals surface area contributed by atoms with Crippen LogP contribution in [0.4, 0.5) is 0 Å². The number of carbonyl (C=O) groups excluding carboxylic acids is 1. The molecule has 0 aromatic carbocycles. The topological polar surface area (TPSA) is 17.1 Å². The highest BCUT2D eigenvalue weighted by atomic mass is 16.1. The van der Waals surface area contributed by atoms with Crippen molar-refractivity contribution >= 4 is 5.78 Å². The average molecular weight is 110 g/mol. The van der Waals surface area contributed by atoms with Crippen LogP contribution >= 0.6 is 0 Å². The highest BCUT2D eigenvalue weighted by Gasteiger charge is 2.38. The molecule has 0 heterocycles. The van der Waals surface area contributed by atoms with Crippen LogP contribution in [-0.2, 0) is 4.79 Å². The van der Waals surface area contributed by atoms with Crippen molar-refractivity contribution in [1.82, 2.24) is 0 Å². The Morgan fingerprint density at radius 1 is 1.62 bits per heavy atom. The summed E-state index contributed by atoms with van der Waals surface area (Å²) in [6.45, 7) is 7.72. The molecule has 0 aromatic rings. The Hall–Kier alpha value is -0.590. The molecule has 1 rings (SSSR count). The van der Waals surface area contributed by atoms with Gasteiger partial charge < -0.3 is 0 Å². The molecular weight excluding hydrogens is 100 g/mol. The number of hydrogen-bond acceptors (Lipinski definition) is 1. The highest BCUT2D eigenvalue weighted by Crippen LogP contribution is 2.40. The first-order valence-corrected chi connectivity index (χ1v) is 2.76. The van der Waals surface area contributed by atoms with Crippen LogP contribution in [0.15, 0.2) is 12.2 Å². The zero-order valence-corrected chi connectivity index (χ0v) is 5.32. The van der Waals surface area contributed by atoms with Gasteiger partial charge in [0.15, 0.2) is 5.78 Å². The van der Waals surface area contributed by atoms with E-state index in [2.05, 4.69) is 6.58 Å². The lowest BCUT2D eigenvalue weighted by atomic mass is 9.67. The van der Waals surface area contributed by atoms with Gasteiger partial charge in [-0.2, -0.15) is 0 Å². The Morgan fingerprint density at radius 2 is 2.12 bits per heavy atom. The number of carbonyl (C=O) groups is 1. The lowest BCUT2D eigenvalue weighted by Gasteiger charge is -2.35. The minimum absolute atomic E-state index is 0.108. The number of allylic oxidation sites excluding steroid dienone is 1. The first-order valence-electron chi connectivity index (χ1n) is 2.76. The fourth-order valence-electron chi connectivity index (χ4n) is 0.886. The maximum atomic E-state index is 10.5. The van der Waals surface area contributed by atoms with Gasteiger partial charge in [0, 0.05) is 6.42 Å². The molecule has 1 aliphatic rings. The van der Waals surface area contributed by atoms with Crippen molar-refractivity contribution in [1.29, 1.82) is 0 Å². The molecule has 0 amide bonds. The van der Waals surface area contributed by atoms with Crippen LogP contribution in [0.5, 0.6) is 0 Å². The van der Waals surface area contributed by atoms with E-state index >= 15 is 0 Å². The van der Waals surface area contributed by atoms with Gasteiger partial charge in [0.1, 0.15) is 0 Å². The van der Waals surface area contributed by atoms with Crippen molar-refractivity contribution in [2.75, 3.05) is 0 Å². The molecule has 0 radical (unpaired) electrons. The maximum Gasteiger partial charge on any atom is 0.159 e. The second kappa shape index (κ2) is 1.22. The Morgan fingerprint density at radius 3 is 2.12 bits per heavy atom. The third kappa shape index (κ3) is 0.507. The zero-order valence-electron chi connectivity index (χ0n) is 5.32. The Labute approximate surface area is 49.4 Å². The fourth-order valence-corrected chi connectivity index (χ4v) is 0.886.